The highest BCUT2D eigenvalue weighted by atomic mass is 19.1. The first-order valence-corrected chi connectivity index (χ1v) is 5.20. The molecule has 1 aromatic heterocycles. The zero-order valence-electron chi connectivity index (χ0n) is 9.62. The summed E-state index contributed by atoms with van der Waals surface area (Å²) in [4.78, 5) is 0. The monoisotopic (exact) mass is 235 g/mol. The summed E-state index contributed by atoms with van der Waals surface area (Å²) in [6.45, 7) is 6.08. The second-order valence-electron chi connectivity index (χ2n) is 4.81. The summed E-state index contributed by atoms with van der Waals surface area (Å²) in [6.07, 6.45) is 0. The quantitative estimate of drug-likeness (QED) is 0.731. The van der Waals surface area contributed by atoms with Gasteiger partial charge in [0.25, 0.3) is 0 Å². The number of hydrogen-bond acceptors (Lipinski definition) is 2. The Kier molecular flexibility index (Phi) is 3.71. The van der Waals surface area contributed by atoms with E-state index in [1.54, 1.807) is 24.3 Å². The normalized spacial score (nSPS) is 11.1. The number of hydrogen-bond donors (Lipinski definition) is 0. The lowest BCUT2D eigenvalue weighted by atomic mass is 9.93. The summed E-state index contributed by atoms with van der Waals surface area (Å²) in [5, 5.41) is 3.90. The van der Waals surface area contributed by atoms with E-state index in [9.17, 15) is 4.39 Å². The molecule has 1 heterocycles. The Balaban J connectivity index is 0.00000144. The maximum atomic E-state index is 13.5. The minimum absolute atomic E-state index is 0. The Hall–Kier alpha value is -1.64. The van der Waals surface area contributed by atoms with Gasteiger partial charge in [-0.15, -0.1) is 0 Å². The Morgan fingerprint density at radius 1 is 1.18 bits per heavy atom. The van der Waals surface area contributed by atoms with Crippen LogP contribution in [-0.2, 0) is 5.41 Å². The van der Waals surface area contributed by atoms with Gasteiger partial charge in [-0.05, 0) is 12.1 Å². The molecule has 92 valence electrons. The van der Waals surface area contributed by atoms with Gasteiger partial charge in [0.05, 0.1) is 0 Å². The third-order valence-corrected chi connectivity index (χ3v) is 2.40. The fraction of sp³-hybridized carbons (Fsp3) is 0.357. The van der Waals surface area contributed by atoms with Crippen LogP contribution in [0.3, 0.4) is 0 Å². The number of benzene rings is 1. The molecule has 17 heavy (non-hydrogen) atoms. The van der Waals surface area contributed by atoms with Crippen molar-refractivity contribution in [2.75, 3.05) is 0 Å². The van der Waals surface area contributed by atoms with Crippen molar-refractivity contribution < 1.29 is 8.91 Å². The van der Waals surface area contributed by atoms with Crippen LogP contribution in [0.5, 0.6) is 0 Å². The van der Waals surface area contributed by atoms with Gasteiger partial charge in [-0.2, -0.15) is 0 Å². The van der Waals surface area contributed by atoms with Crippen molar-refractivity contribution in [2.24, 2.45) is 0 Å². The summed E-state index contributed by atoms with van der Waals surface area (Å²) in [7, 11) is 0. The molecule has 3 heteroatoms. The molecule has 0 unspecified atom stereocenters. The van der Waals surface area contributed by atoms with Crippen LogP contribution in [0, 0.1) is 5.82 Å². The molecule has 2 aromatic rings. The van der Waals surface area contributed by atoms with Crippen molar-refractivity contribution >= 4 is 0 Å². The zero-order chi connectivity index (χ0) is 11.8. The van der Waals surface area contributed by atoms with Crippen LogP contribution in [0.25, 0.3) is 11.3 Å². The Morgan fingerprint density at radius 2 is 1.82 bits per heavy atom. The average Bonchev–Trinajstić information content (AvgIpc) is 2.66. The Morgan fingerprint density at radius 3 is 2.35 bits per heavy atom. The maximum Gasteiger partial charge on any atom is 0.142 e. The fourth-order valence-corrected chi connectivity index (χ4v) is 1.42. The summed E-state index contributed by atoms with van der Waals surface area (Å²) in [5.74, 6) is 0.474. The lowest BCUT2D eigenvalue weighted by molar-refractivity contribution is 0.330. The van der Waals surface area contributed by atoms with Gasteiger partial charge in [0.15, 0.2) is 0 Å². The highest BCUT2D eigenvalue weighted by Crippen LogP contribution is 2.28. The molecule has 0 aliphatic rings. The van der Waals surface area contributed by atoms with Crippen LogP contribution in [0.4, 0.5) is 4.39 Å². The van der Waals surface area contributed by atoms with Crippen LogP contribution < -0.4 is 0 Å². The van der Waals surface area contributed by atoms with Crippen LogP contribution >= 0.6 is 0 Å². The number of nitrogens with zero attached hydrogens (tertiary/aromatic N) is 1. The van der Waals surface area contributed by atoms with E-state index in [1.807, 2.05) is 20.8 Å². The van der Waals surface area contributed by atoms with E-state index in [2.05, 4.69) is 5.16 Å². The van der Waals surface area contributed by atoms with Crippen LogP contribution in [-0.4, -0.2) is 5.16 Å². The zero-order valence-corrected chi connectivity index (χ0v) is 9.62. The number of halogens is 1. The van der Waals surface area contributed by atoms with Crippen LogP contribution in [0.2, 0.25) is 0 Å². The first-order chi connectivity index (χ1) is 7.48. The summed E-state index contributed by atoms with van der Waals surface area (Å²) >= 11 is 0. The highest BCUT2D eigenvalue weighted by molar-refractivity contribution is 5.59. The number of aromatic nitrogens is 1. The molecule has 0 aliphatic carbocycles. The SMILES string of the molecule is C.CC(C)(C)c1cc(-c2ccccc2F)no1. The molecular weight excluding hydrogens is 217 g/mol. The molecule has 2 rings (SSSR count). The molecule has 0 fully saturated rings. The van der Waals surface area contributed by atoms with Crippen molar-refractivity contribution in [3.63, 3.8) is 0 Å². The lowest BCUT2D eigenvalue weighted by Gasteiger charge is -2.12. The van der Waals surface area contributed by atoms with Gasteiger partial charge in [-0.1, -0.05) is 45.5 Å². The standard InChI is InChI=1S/C13H14FNO.CH4/c1-13(2,3)12-8-11(15-16-12)9-6-4-5-7-10(9)14;/h4-8H,1-3H3;1H4. The predicted molar refractivity (Wildman–Crippen MR) is 67.3 cm³/mol. The Bertz CT molecular complexity index is 497. The average molecular weight is 235 g/mol. The van der Waals surface area contributed by atoms with Gasteiger partial charge in [-0.25, -0.2) is 4.39 Å². The molecule has 0 amide bonds. The van der Waals surface area contributed by atoms with Crippen molar-refractivity contribution in [2.45, 2.75) is 33.6 Å². The van der Waals surface area contributed by atoms with Crippen LogP contribution in [0.15, 0.2) is 34.9 Å². The predicted octanol–water partition coefficient (Wildman–Crippen LogP) is 4.41. The molecule has 0 spiro atoms. The minimum atomic E-state index is -0.281. The third-order valence-electron chi connectivity index (χ3n) is 2.40. The first-order valence-electron chi connectivity index (χ1n) is 5.20. The molecule has 0 aliphatic heterocycles. The Labute approximate surface area is 101 Å². The van der Waals surface area contributed by atoms with E-state index in [-0.39, 0.29) is 18.7 Å². The van der Waals surface area contributed by atoms with Crippen molar-refractivity contribution in [3.05, 3.63) is 41.9 Å². The maximum absolute atomic E-state index is 13.5. The molecule has 2 nitrogen and oxygen atoms in total. The molecule has 0 atom stereocenters. The topological polar surface area (TPSA) is 26.0 Å². The second kappa shape index (κ2) is 4.70. The van der Waals surface area contributed by atoms with Crippen molar-refractivity contribution in [3.8, 4) is 11.3 Å². The van der Waals surface area contributed by atoms with Gasteiger partial charge in [0.2, 0.25) is 0 Å². The summed E-state index contributed by atoms with van der Waals surface area (Å²) in [6, 6.07) is 8.34. The summed E-state index contributed by atoms with van der Waals surface area (Å²) < 4.78 is 18.7. The van der Waals surface area contributed by atoms with Gasteiger partial charge >= 0.3 is 0 Å². The van der Waals surface area contributed by atoms with Gasteiger partial charge in [0, 0.05) is 17.0 Å². The van der Waals surface area contributed by atoms with E-state index in [0.29, 0.717) is 11.3 Å². The van der Waals surface area contributed by atoms with Gasteiger partial charge < -0.3 is 4.52 Å². The minimum Gasteiger partial charge on any atom is -0.360 e. The molecular formula is C14H18FNO. The molecule has 0 bridgehead atoms. The molecule has 0 saturated heterocycles. The lowest BCUT2D eigenvalue weighted by Crippen LogP contribution is -2.09. The molecule has 0 saturated carbocycles. The second-order valence-corrected chi connectivity index (χ2v) is 4.81. The number of rotatable bonds is 1. The van der Waals surface area contributed by atoms with E-state index in [4.69, 9.17) is 4.52 Å². The van der Waals surface area contributed by atoms with Gasteiger partial charge in [-0.3, -0.25) is 0 Å². The van der Waals surface area contributed by atoms with E-state index >= 15 is 0 Å². The van der Waals surface area contributed by atoms with E-state index in [1.165, 1.54) is 6.07 Å². The summed E-state index contributed by atoms with van der Waals surface area (Å²) in [5.41, 5.74) is 0.904. The van der Waals surface area contributed by atoms with E-state index < -0.39 is 0 Å². The first kappa shape index (κ1) is 13.4. The third kappa shape index (κ3) is 2.73. The molecule has 0 radical (unpaired) electrons. The van der Waals surface area contributed by atoms with Crippen molar-refractivity contribution in [1.29, 1.82) is 0 Å². The highest BCUT2D eigenvalue weighted by Gasteiger charge is 2.20. The largest absolute Gasteiger partial charge is 0.360 e. The fourth-order valence-electron chi connectivity index (χ4n) is 1.42. The van der Waals surface area contributed by atoms with E-state index in [0.717, 1.165) is 5.76 Å². The molecule has 0 N–H and O–H groups in total. The van der Waals surface area contributed by atoms with Crippen molar-refractivity contribution in [1.82, 2.24) is 5.16 Å². The van der Waals surface area contributed by atoms with Crippen LogP contribution in [0.1, 0.15) is 34.0 Å². The smallest absolute Gasteiger partial charge is 0.142 e. The molecule has 1 aromatic carbocycles. The van der Waals surface area contributed by atoms with Gasteiger partial charge in [0.1, 0.15) is 17.3 Å².